The number of fused-ring (bicyclic) bond motifs is 6. The van der Waals surface area contributed by atoms with Crippen molar-refractivity contribution in [1.82, 2.24) is 0 Å². The average molecular weight is 1020 g/mol. The zero-order chi connectivity index (χ0) is 50.1. The van der Waals surface area contributed by atoms with Gasteiger partial charge in [-0.05, 0) is 151 Å². The Morgan fingerprint density at radius 3 is 1.01 bits per heavy atom. The van der Waals surface area contributed by atoms with Crippen molar-refractivity contribution in [3.8, 4) is 0 Å². The van der Waals surface area contributed by atoms with E-state index >= 15 is 0 Å². The first-order valence-electron chi connectivity index (χ1n) is 28.9. The normalized spacial score (nSPS) is 54.9. The molecule has 3 aliphatic carbocycles. The van der Waals surface area contributed by atoms with Crippen molar-refractivity contribution in [2.24, 2.45) is 76.4 Å². The predicted molar refractivity (Wildman–Crippen MR) is 256 cm³/mol. The Morgan fingerprint density at radius 1 is 0.417 bits per heavy atom. The molecule has 12 heterocycles. The number of hydrogen-bond acceptors (Lipinski definition) is 16. The molecule has 1 N–H and O–H groups in total. The minimum Gasteiger partial charge on any atom is -0.396 e. The smallest absolute Gasteiger partial charge is 0.201 e. The van der Waals surface area contributed by atoms with Crippen LogP contribution in [-0.2, 0) is 72.0 Å². The Labute approximate surface area is 428 Å². The highest BCUT2D eigenvalue weighted by atomic mass is 17.3. The van der Waals surface area contributed by atoms with Gasteiger partial charge in [0.1, 0.15) is 0 Å². The van der Waals surface area contributed by atoms with Crippen molar-refractivity contribution in [2.75, 3.05) is 46.2 Å². The van der Waals surface area contributed by atoms with E-state index in [4.69, 9.17) is 72.0 Å². The highest BCUT2D eigenvalue weighted by Crippen LogP contribution is 2.64. The standard InChI is InChI=1S/C56H90O16/c1-32-10-13-41-35(4)44(61-47-54(41)38(32)16-22-50(7,64-47)67-70-54)19-25-58-29-53(28-57,30-59-26-20-45-36(5)42-14-11-33(2)39-17-23-51(8)65-48(62-45)55(39,42)71-68-51)31-60-27-21-46-37(6)43-15-12-34(3)40-18-24-52(9)66-49(63-46)56(40,43)72-69-52/h32-49,57H,10-31H2,1-9H3/t32-,33-,34-,35-,36-,37-,38+,39+,40+,41+,42+,43+,44?,45?,46?,47-,48-,49-,50?,51?,52?,53?,54-,55-,56-/m1/s1. The Bertz CT molecular complexity index is 1720. The van der Waals surface area contributed by atoms with Crippen LogP contribution in [0.3, 0.4) is 0 Å². The lowest BCUT2D eigenvalue weighted by Crippen LogP contribution is -2.70. The van der Waals surface area contributed by atoms with Gasteiger partial charge in [-0.25, -0.2) is 29.3 Å². The lowest BCUT2D eigenvalue weighted by Gasteiger charge is -2.60. The van der Waals surface area contributed by atoms with Crippen LogP contribution in [0.5, 0.6) is 0 Å². The molecule has 0 aromatic heterocycles. The van der Waals surface area contributed by atoms with Crippen molar-refractivity contribution in [2.45, 2.75) is 230 Å². The molecule has 24 atom stereocenters. The third-order valence-electron chi connectivity index (χ3n) is 22.1. The quantitative estimate of drug-likeness (QED) is 0.115. The number of rotatable bonds is 16. The predicted octanol–water partition coefficient (Wildman–Crippen LogP) is 8.94. The maximum Gasteiger partial charge on any atom is 0.201 e. The van der Waals surface area contributed by atoms with Crippen LogP contribution in [0.1, 0.15) is 159 Å². The molecule has 3 spiro atoms. The molecule has 72 heavy (non-hydrogen) atoms. The molecule has 6 unspecified atom stereocenters. The van der Waals surface area contributed by atoms with E-state index in [1.165, 1.54) is 0 Å². The number of aliphatic hydroxyl groups excluding tert-OH is 1. The topological polar surface area (TPSA) is 159 Å². The number of hydrogen-bond donors (Lipinski definition) is 1. The van der Waals surface area contributed by atoms with E-state index in [-0.39, 0.29) is 80.2 Å². The molecule has 0 aromatic carbocycles. The van der Waals surface area contributed by atoms with Crippen molar-refractivity contribution < 1.29 is 77.1 Å². The molecule has 0 amide bonds. The molecule has 12 aliphatic heterocycles. The molecular formula is C56H90O16. The minimum atomic E-state index is -0.823. The molecule has 0 aromatic rings. The largest absolute Gasteiger partial charge is 0.396 e. The summed E-state index contributed by atoms with van der Waals surface area (Å²) < 4.78 is 60.6. The van der Waals surface area contributed by atoms with Crippen LogP contribution < -0.4 is 0 Å². The first kappa shape index (κ1) is 52.1. The molecule has 15 rings (SSSR count). The fourth-order valence-corrected chi connectivity index (χ4v) is 17.7. The van der Waals surface area contributed by atoms with Gasteiger partial charge in [0.2, 0.25) is 17.4 Å². The Kier molecular flexibility index (Phi) is 14.0. The van der Waals surface area contributed by atoms with Crippen LogP contribution in [0.15, 0.2) is 0 Å². The van der Waals surface area contributed by atoms with Gasteiger partial charge in [-0.1, -0.05) is 41.5 Å². The monoisotopic (exact) mass is 1020 g/mol. The van der Waals surface area contributed by atoms with Gasteiger partial charge < -0.3 is 47.7 Å². The van der Waals surface area contributed by atoms with Gasteiger partial charge in [-0.2, -0.15) is 0 Å². The Hall–Kier alpha value is -0.640. The van der Waals surface area contributed by atoms with E-state index in [2.05, 4.69) is 41.5 Å². The highest BCUT2D eigenvalue weighted by molar-refractivity contribution is 5.13. The third-order valence-corrected chi connectivity index (χ3v) is 22.1. The summed E-state index contributed by atoms with van der Waals surface area (Å²) in [5.74, 6) is 1.39. The van der Waals surface area contributed by atoms with Crippen molar-refractivity contribution in [3.05, 3.63) is 0 Å². The molecule has 15 fully saturated rings. The van der Waals surface area contributed by atoms with Crippen LogP contribution in [0.4, 0.5) is 0 Å². The second-order valence-electron chi connectivity index (χ2n) is 26.5. The molecule has 0 radical (unpaired) electrons. The van der Waals surface area contributed by atoms with Crippen molar-refractivity contribution in [1.29, 1.82) is 0 Å². The second-order valence-corrected chi connectivity index (χ2v) is 26.5. The lowest BCUT2D eigenvalue weighted by atomic mass is 9.57. The van der Waals surface area contributed by atoms with Gasteiger partial charge in [0.25, 0.3) is 0 Å². The van der Waals surface area contributed by atoms with Gasteiger partial charge >= 0.3 is 0 Å². The summed E-state index contributed by atoms with van der Waals surface area (Å²) >= 11 is 0. The molecule has 12 saturated heterocycles. The molecule has 3 saturated carbocycles. The van der Waals surface area contributed by atoms with Gasteiger partial charge in [-0.3, -0.25) is 0 Å². The number of aliphatic hydroxyl groups is 1. The van der Waals surface area contributed by atoms with Crippen molar-refractivity contribution >= 4 is 0 Å². The van der Waals surface area contributed by atoms with E-state index < -0.39 is 58.4 Å². The van der Waals surface area contributed by atoms with Gasteiger partial charge in [0.05, 0.1) is 50.2 Å². The SMILES string of the molecule is C[C@@H]1CC[C@H]2[C@@H](C)C(CCOCC(CO)(COCCC3O[C@@H]4OC5(C)CC[C@H]6[C@H](C)CC[C@@H]([C@H]3C)[C@@]46OO5)COCCC3O[C@@H]4OC5(C)CC[C@H]6[C@H](C)CC[C@@H]([C@H]3C)[C@@]46OO5)O[C@@H]3OC4(C)CC[C@@H]1[C@]32OO4. The van der Waals surface area contributed by atoms with Gasteiger partial charge in [0, 0.05) is 56.8 Å². The van der Waals surface area contributed by atoms with Crippen LogP contribution in [-0.4, -0.2) is 123 Å². The van der Waals surface area contributed by atoms with Gasteiger partial charge in [0.15, 0.2) is 35.7 Å². The van der Waals surface area contributed by atoms with E-state index in [1.807, 2.05) is 20.8 Å². The van der Waals surface area contributed by atoms with E-state index in [0.29, 0.717) is 74.6 Å². The molecular weight excluding hydrogens is 929 g/mol. The molecule has 410 valence electrons. The minimum absolute atomic E-state index is 0.0831. The maximum atomic E-state index is 11.4. The Balaban J connectivity index is 0.705. The molecule has 16 nitrogen and oxygen atoms in total. The van der Waals surface area contributed by atoms with Crippen molar-refractivity contribution in [3.63, 3.8) is 0 Å². The average Bonchev–Trinajstić information content (AvgIpc) is 3.85. The second kappa shape index (κ2) is 19.3. The fourth-order valence-electron chi connectivity index (χ4n) is 17.7. The Morgan fingerprint density at radius 2 is 0.722 bits per heavy atom. The van der Waals surface area contributed by atoms with E-state index in [1.54, 1.807) is 0 Å². The molecule has 6 bridgehead atoms. The zero-order valence-corrected chi connectivity index (χ0v) is 45.0. The first-order chi connectivity index (χ1) is 34.5. The molecule has 16 heteroatoms. The van der Waals surface area contributed by atoms with Crippen LogP contribution >= 0.6 is 0 Å². The summed E-state index contributed by atoms with van der Waals surface area (Å²) in [5.41, 5.74) is -2.63. The number of ether oxygens (including phenoxy) is 9. The molecule has 15 aliphatic rings. The third kappa shape index (κ3) is 8.32. The highest BCUT2D eigenvalue weighted by Gasteiger charge is 2.72. The summed E-state index contributed by atoms with van der Waals surface area (Å²) in [5, 5.41) is 11.4. The van der Waals surface area contributed by atoms with E-state index in [0.717, 1.165) is 77.0 Å². The van der Waals surface area contributed by atoms with Crippen LogP contribution in [0, 0.1) is 76.4 Å². The summed E-state index contributed by atoms with van der Waals surface area (Å²) in [6, 6.07) is 0. The lowest BCUT2D eigenvalue weighted by molar-refractivity contribution is -0.571. The summed E-state index contributed by atoms with van der Waals surface area (Å²) in [6.07, 6.45) is 12.3. The summed E-state index contributed by atoms with van der Waals surface area (Å²) in [4.78, 5) is 37.5. The van der Waals surface area contributed by atoms with Crippen LogP contribution in [0.2, 0.25) is 0 Å². The maximum absolute atomic E-state index is 11.4. The fraction of sp³-hybridized carbons (Fsp3) is 1.00. The van der Waals surface area contributed by atoms with E-state index in [9.17, 15) is 5.11 Å². The summed E-state index contributed by atoms with van der Waals surface area (Å²) in [6.45, 7) is 21.8. The first-order valence-corrected chi connectivity index (χ1v) is 28.9. The summed E-state index contributed by atoms with van der Waals surface area (Å²) in [7, 11) is 0. The zero-order valence-electron chi connectivity index (χ0n) is 45.0. The van der Waals surface area contributed by atoms with Crippen LogP contribution in [0.25, 0.3) is 0 Å². The van der Waals surface area contributed by atoms with Gasteiger partial charge in [-0.15, -0.1) is 0 Å².